The molecule has 0 aliphatic carbocycles. The van der Waals surface area contributed by atoms with Crippen molar-refractivity contribution in [2.75, 3.05) is 20.6 Å². The average Bonchev–Trinajstić information content (AvgIpc) is 2.94. The number of hydrogen-bond donors (Lipinski definition) is 0. The van der Waals surface area contributed by atoms with Gasteiger partial charge in [0, 0.05) is 18.4 Å². The van der Waals surface area contributed by atoms with Crippen LogP contribution in [-0.4, -0.2) is 37.4 Å². The van der Waals surface area contributed by atoms with E-state index in [2.05, 4.69) is 57.4 Å². The summed E-state index contributed by atoms with van der Waals surface area (Å²) in [4.78, 5) is 12.9. The van der Waals surface area contributed by atoms with Crippen LogP contribution in [0.3, 0.4) is 0 Å². The van der Waals surface area contributed by atoms with Crippen molar-refractivity contribution in [3.05, 3.63) is 65.7 Å². The van der Waals surface area contributed by atoms with Crippen molar-refractivity contribution >= 4 is 5.97 Å². The monoisotopic (exact) mass is 552 g/mol. The maximum absolute atomic E-state index is 12.9. The molecule has 0 N–H and O–H groups in total. The van der Waals surface area contributed by atoms with Crippen LogP contribution in [-0.2, 0) is 22.5 Å². The standard InChI is InChI=1S/C36H58NO3/c1-6-8-9-10-11-12-13-14-15-16-18-22-32-25-21-26-34(29-32)39-35(7-2)40-36(38)31(3)27-28-37(4,5)30-33-23-19-17-20-24-33/h17,19-21,23-26,29,31,35H,6-16,18,22,27-28,30H2,1-5H3/q+1. The van der Waals surface area contributed by atoms with Crippen LogP contribution in [0, 0.1) is 5.92 Å². The van der Waals surface area contributed by atoms with Crippen LogP contribution in [0.25, 0.3) is 0 Å². The van der Waals surface area contributed by atoms with Gasteiger partial charge in [-0.2, -0.15) is 0 Å². The number of aryl methyl sites for hydroxylation is 1. The molecule has 0 aromatic heterocycles. The molecule has 2 unspecified atom stereocenters. The third-order valence-electron chi connectivity index (χ3n) is 7.84. The minimum atomic E-state index is -0.556. The lowest BCUT2D eigenvalue weighted by molar-refractivity contribution is -0.904. The predicted molar refractivity (Wildman–Crippen MR) is 168 cm³/mol. The van der Waals surface area contributed by atoms with Gasteiger partial charge in [-0.05, 0) is 30.5 Å². The Balaban J connectivity index is 1.67. The van der Waals surface area contributed by atoms with Gasteiger partial charge in [-0.15, -0.1) is 0 Å². The van der Waals surface area contributed by atoms with Gasteiger partial charge >= 0.3 is 5.97 Å². The summed E-state index contributed by atoms with van der Waals surface area (Å²) in [6.07, 6.45) is 16.8. The zero-order valence-electron chi connectivity index (χ0n) is 26.3. The normalized spacial score (nSPS) is 13.1. The topological polar surface area (TPSA) is 35.5 Å². The highest BCUT2D eigenvalue weighted by atomic mass is 16.7. The molecule has 2 aromatic carbocycles. The van der Waals surface area contributed by atoms with Crippen LogP contribution in [0.4, 0.5) is 0 Å². The maximum atomic E-state index is 12.9. The van der Waals surface area contributed by atoms with Crippen molar-refractivity contribution in [3.8, 4) is 5.75 Å². The summed E-state index contributed by atoms with van der Waals surface area (Å²) in [5.74, 6) is 0.440. The first kappa shape index (κ1) is 33.9. The van der Waals surface area contributed by atoms with E-state index in [0.29, 0.717) is 6.42 Å². The highest BCUT2D eigenvalue weighted by Crippen LogP contribution is 2.20. The number of nitrogens with zero attached hydrogens (tertiary/aromatic N) is 1. The second-order valence-electron chi connectivity index (χ2n) is 12.3. The molecular formula is C36H58NO3+. The predicted octanol–water partition coefficient (Wildman–Crippen LogP) is 9.50. The molecule has 0 fully saturated rings. The van der Waals surface area contributed by atoms with E-state index >= 15 is 0 Å². The van der Waals surface area contributed by atoms with E-state index in [1.807, 2.05) is 32.0 Å². The van der Waals surface area contributed by atoms with Gasteiger partial charge in [0.15, 0.2) is 0 Å². The number of ether oxygens (including phenoxy) is 2. The minimum absolute atomic E-state index is 0.168. The van der Waals surface area contributed by atoms with Crippen molar-refractivity contribution in [2.45, 2.75) is 123 Å². The van der Waals surface area contributed by atoms with E-state index in [4.69, 9.17) is 9.47 Å². The fourth-order valence-electron chi connectivity index (χ4n) is 5.17. The van der Waals surface area contributed by atoms with Crippen molar-refractivity contribution in [2.24, 2.45) is 5.92 Å². The molecular weight excluding hydrogens is 494 g/mol. The van der Waals surface area contributed by atoms with Crippen LogP contribution in [0.1, 0.15) is 115 Å². The third-order valence-corrected chi connectivity index (χ3v) is 7.84. The molecule has 0 saturated heterocycles. The summed E-state index contributed by atoms with van der Waals surface area (Å²) in [7, 11) is 4.43. The van der Waals surface area contributed by atoms with Crippen molar-refractivity contribution in [1.82, 2.24) is 0 Å². The van der Waals surface area contributed by atoms with Crippen LogP contribution in [0.5, 0.6) is 5.75 Å². The molecule has 2 rings (SSSR count). The number of quaternary nitrogens is 1. The maximum Gasteiger partial charge on any atom is 0.311 e. The molecule has 0 amide bonds. The molecule has 0 radical (unpaired) electrons. The summed E-state index contributed by atoms with van der Waals surface area (Å²) in [6, 6.07) is 18.8. The average molecular weight is 553 g/mol. The smallest absolute Gasteiger partial charge is 0.311 e. The van der Waals surface area contributed by atoms with Crippen LogP contribution in [0.15, 0.2) is 54.6 Å². The molecule has 0 aliphatic rings. The zero-order chi connectivity index (χ0) is 29.1. The van der Waals surface area contributed by atoms with Crippen LogP contribution >= 0.6 is 0 Å². The van der Waals surface area contributed by atoms with E-state index in [-0.39, 0.29) is 11.9 Å². The Morgan fingerprint density at radius 2 is 1.38 bits per heavy atom. The highest BCUT2D eigenvalue weighted by Gasteiger charge is 2.24. The van der Waals surface area contributed by atoms with Gasteiger partial charge in [-0.1, -0.05) is 127 Å². The van der Waals surface area contributed by atoms with E-state index in [9.17, 15) is 4.79 Å². The summed E-state index contributed by atoms with van der Waals surface area (Å²) in [6.45, 7) is 8.09. The van der Waals surface area contributed by atoms with Gasteiger partial charge in [0.25, 0.3) is 0 Å². The number of hydrogen-bond acceptors (Lipinski definition) is 3. The molecule has 224 valence electrons. The number of carbonyl (C=O) groups excluding carboxylic acids is 1. The molecule has 4 heteroatoms. The summed E-state index contributed by atoms with van der Waals surface area (Å²) in [5, 5.41) is 0. The Kier molecular flexibility index (Phi) is 16.7. The fraction of sp³-hybridized carbons (Fsp3) is 0.639. The van der Waals surface area contributed by atoms with E-state index in [0.717, 1.165) is 36.2 Å². The van der Waals surface area contributed by atoms with Crippen molar-refractivity contribution in [1.29, 1.82) is 0 Å². The molecule has 4 nitrogen and oxygen atoms in total. The summed E-state index contributed by atoms with van der Waals surface area (Å²) in [5.41, 5.74) is 2.61. The van der Waals surface area contributed by atoms with Gasteiger partial charge in [0.2, 0.25) is 6.29 Å². The Morgan fingerprint density at radius 1 is 0.775 bits per heavy atom. The minimum Gasteiger partial charge on any atom is -0.455 e. The van der Waals surface area contributed by atoms with Gasteiger partial charge in [-0.3, -0.25) is 4.79 Å². The van der Waals surface area contributed by atoms with Crippen LogP contribution < -0.4 is 4.74 Å². The number of benzene rings is 2. The first-order chi connectivity index (χ1) is 19.3. The van der Waals surface area contributed by atoms with Crippen molar-refractivity contribution < 1.29 is 18.8 Å². The molecule has 0 spiro atoms. The lowest BCUT2D eigenvalue weighted by Crippen LogP contribution is -2.41. The quantitative estimate of drug-likeness (QED) is 0.0631. The van der Waals surface area contributed by atoms with Gasteiger partial charge < -0.3 is 14.0 Å². The second-order valence-corrected chi connectivity index (χ2v) is 12.3. The Morgan fingerprint density at radius 3 is 2.00 bits per heavy atom. The lowest BCUT2D eigenvalue weighted by atomic mass is 10.0. The summed E-state index contributed by atoms with van der Waals surface area (Å²) < 4.78 is 12.7. The third kappa shape index (κ3) is 14.9. The number of esters is 1. The van der Waals surface area contributed by atoms with Crippen molar-refractivity contribution in [3.63, 3.8) is 0 Å². The van der Waals surface area contributed by atoms with E-state index in [1.165, 1.54) is 81.8 Å². The highest BCUT2D eigenvalue weighted by molar-refractivity contribution is 5.72. The molecule has 0 saturated carbocycles. The van der Waals surface area contributed by atoms with E-state index < -0.39 is 6.29 Å². The Bertz CT molecular complexity index is 927. The number of unbranched alkanes of at least 4 members (excludes halogenated alkanes) is 10. The molecule has 40 heavy (non-hydrogen) atoms. The first-order valence-electron chi connectivity index (χ1n) is 16.1. The van der Waals surface area contributed by atoms with Gasteiger partial charge in [-0.25, -0.2) is 0 Å². The molecule has 2 aromatic rings. The van der Waals surface area contributed by atoms with E-state index in [1.54, 1.807) is 0 Å². The first-order valence-corrected chi connectivity index (χ1v) is 16.1. The number of carbonyl (C=O) groups is 1. The Hall–Kier alpha value is -2.33. The lowest BCUT2D eigenvalue weighted by Gasteiger charge is -2.31. The molecule has 0 bridgehead atoms. The fourth-order valence-corrected chi connectivity index (χ4v) is 5.17. The van der Waals surface area contributed by atoms with Gasteiger partial charge in [0.1, 0.15) is 12.3 Å². The summed E-state index contributed by atoms with van der Waals surface area (Å²) >= 11 is 0. The van der Waals surface area contributed by atoms with Crippen LogP contribution in [0.2, 0.25) is 0 Å². The largest absolute Gasteiger partial charge is 0.455 e. The second kappa shape index (κ2) is 19.7. The molecule has 0 aliphatic heterocycles. The zero-order valence-corrected chi connectivity index (χ0v) is 26.3. The molecule has 2 atom stereocenters. The Labute approximate surface area is 246 Å². The molecule has 0 heterocycles. The SMILES string of the molecule is CCCCCCCCCCCCCc1cccc(OC(CC)OC(=O)C(C)CC[N+](C)(C)Cc2ccccc2)c1. The van der Waals surface area contributed by atoms with Gasteiger partial charge in [0.05, 0.1) is 26.6 Å². The number of rotatable bonds is 22.